The Hall–Kier alpha value is -2.45. The first kappa shape index (κ1) is 17.9. The maximum Gasteiger partial charge on any atom is 0.306 e. The lowest BCUT2D eigenvalue weighted by Crippen LogP contribution is -2.38. The van der Waals surface area contributed by atoms with Crippen LogP contribution in [-0.2, 0) is 13.0 Å². The van der Waals surface area contributed by atoms with Gasteiger partial charge in [-0.1, -0.05) is 12.1 Å². The molecule has 2 unspecified atom stereocenters. The monoisotopic (exact) mass is 334 g/mol. The molecule has 130 valence electrons. The quantitative estimate of drug-likeness (QED) is 0.559. The minimum atomic E-state index is -0.684. The van der Waals surface area contributed by atoms with Gasteiger partial charge in [-0.25, -0.2) is 0 Å². The van der Waals surface area contributed by atoms with Crippen LogP contribution in [0.1, 0.15) is 12.5 Å². The van der Waals surface area contributed by atoms with Crippen LogP contribution >= 0.6 is 0 Å². The Balaban J connectivity index is 1.84. The van der Waals surface area contributed by atoms with E-state index in [2.05, 4.69) is 12.0 Å². The first-order chi connectivity index (χ1) is 11.3. The normalized spacial score (nSPS) is 13.8. The average Bonchev–Trinajstić information content (AvgIpc) is 2.98. The SMILES string of the molecule is CC(Cc1ccc(O)cc1)N(C)CC(O)Cn1cc([N+](=O)[O-])cn1. The Labute approximate surface area is 140 Å². The molecule has 0 aliphatic rings. The largest absolute Gasteiger partial charge is 0.508 e. The van der Waals surface area contributed by atoms with Gasteiger partial charge in [0.25, 0.3) is 0 Å². The number of phenolic OH excluding ortho intramolecular Hbond substituents is 1. The third-order valence-corrected chi connectivity index (χ3v) is 3.95. The summed E-state index contributed by atoms with van der Waals surface area (Å²) in [7, 11) is 1.92. The van der Waals surface area contributed by atoms with Crippen molar-refractivity contribution in [2.75, 3.05) is 13.6 Å². The Morgan fingerprint density at radius 2 is 2.04 bits per heavy atom. The third-order valence-electron chi connectivity index (χ3n) is 3.95. The third kappa shape index (κ3) is 5.04. The molecule has 8 heteroatoms. The summed E-state index contributed by atoms with van der Waals surface area (Å²) in [6, 6.07) is 7.25. The number of benzene rings is 1. The summed E-state index contributed by atoms with van der Waals surface area (Å²) in [5.74, 6) is 0.239. The molecular formula is C16H22N4O4. The molecule has 0 bridgehead atoms. The summed E-state index contributed by atoms with van der Waals surface area (Å²) in [5.41, 5.74) is 1.01. The second-order valence-corrected chi connectivity index (χ2v) is 5.99. The van der Waals surface area contributed by atoms with Crippen molar-refractivity contribution in [1.29, 1.82) is 0 Å². The molecule has 24 heavy (non-hydrogen) atoms. The van der Waals surface area contributed by atoms with E-state index in [0.29, 0.717) is 6.54 Å². The van der Waals surface area contributed by atoms with Crippen molar-refractivity contribution in [3.63, 3.8) is 0 Å². The topological polar surface area (TPSA) is 105 Å². The second-order valence-electron chi connectivity index (χ2n) is 5.99. The number of rotatable bonds is 8. The van der Waals surface area contributed by atoms with Crippen LogP contribution in [0.25, 0.3) is 0 Å². The molecule has 1 heterocycles. The maximum absolute atomic E-state index is 10.6. The Bertz CT molecular complexity index is 671. The van der Waals surface area contributed by atoms with Crippen LogP contribution in [0.2, 0.25) is 0 Å². The van der Waals surface area contributed by atoms with E-state index in [0.717, 1.165) is 12.0 Å². The highest BCUT2D eigenvalue weighted by molar-refractivity contribution is 5.26. The molecule has 0 saturated carbocycles. The van der Waals surface area contributed by atoms with Crippen LogP contribution in [0.5, 0.6) is 5.75 Å². The van der Waals surface area contributed by atoms with Crippen LogP contribution in [-0.4, -0.2) is 55.6 Å². The molecule has 2 rings (SSSR count). The van der Waals surface area contributed by atoms with E-state index < -0.39 is 11.0 Å². The molecule has 1 aromatic carbocycles. The summed E-state index contributed by atoms with van der Waals surface area (Å²) in [6.07, 6.45) is 2.58. The predicted octanol–water partition coefficient (Wildman–Crippen LogP) is 1.42. The van der Waals surface area contributed by atoms with Gasteiger partial charge in [-0.05, 0) is 38.1 Å². The van der Waals surface area contributed by atoms with Crippen LogP contribution in [0.4, 0.5) is 5.69 Å². The van der Waals surface area contributed by atoms with E-state index in [1.807, 2.05) is 24.1 Å². The number of hydrogen-bond donors (Lipinski definition) is 2. The molecule has 0 aliphatic heterocycles. The van der Waals surface area contributed by atoms with Crippen molar-refractivity contribution < 1.29 is 15.1 Å². The first-order valence-corrected chi connectivity index (χ1v) is 7.68. The Morgan fingerprint density at radius 3 is 2.62 bits per heavy atom. The fraction of sp³-hybridized carbons (Fsp3) is 0.438. The van der Waals surface area contributed by atoms with E-state index in [1.165, 1.54) is 17.1 Å². The summed E-state index contributed by atoms with van der Waals surface area (Å²) >= 11 is 0. The van der Waals surface area contributed by atoms with E-state index in [4.69, 9.17) is 0 Å². The number of phenols is 1. The summed E-state index contributed by atoms with van der Waals surface area (Å²) in [6.45, 7) is 2.68. The summed E-state index contributed by atoms with van der Waals surface area (Å²) < 4.78 is 1.38. The number of aliphatic hydroxyl groups is 1. The summed E-state index contributed by atoms with van der Waals surface area (Å²) in [4.78, 5) is 12.1. The number of nitro groups is 1. The van der Waals surface area contributed by atoms with Crippen molar-refractivity contribution in [2.45, 2.75) is 32.0 Å². The lowest BCUT2D eigenvalue weighted by atomic mass is 10.1. The lowest BCUT2D eigenvalue weighted by molar-refractivity contribution is -0.385. The number of aromatic nitrogens is 2. The van der Waals surface area contributed by atoms with E-state index in [-0.39, 0.29) is 24.0 Å². The van der Waals surface area contributed by atoms with Gasteiger partial charge in [0.2, 0.25) is 0 Å². The summed E-state index contributed by atoms with van der Waals surface area (Å²) in [5, 5.41) is 34.0. The van der Waals surface area contributed by atoms with Gasteiger partial charge in [-0.3, -0.25) is 14.8 Å². The van der Waals surface area contributed by atoms with Crippen LogP contribution in [0, 0.1) is 10.1 Å². The average molecular weight is 334 g/mol. The zero-order chi connectivity index (χ0) is 17.7. The van der Waals surface area contributed by atoms with E-state index >= 15 is 0 Å². The number of nitrogens with zero attached hydrogens (tertiary/aromatic N) is 4. The minimum absolute atomic E-state index is 0.0868. The number of aromatic hydroxyl groups is 1. The zero-order valence-electron chi connectivity index (χ0n) is 13.7. The van der Waals surface area contributed by atoms with E-state index in [9.17, 15) is 20.3 Å². The van der Waals surface area contributed by atoms with Crippen molar-refractivity contribution >= 4 is 5.69 Å². The fourth-order valence-corrected chi connectivity index (χ4v) is 2.46. The smallest absolute Gasteiger partial charge is 0.306 e. The number of hydrogen-bond acceptors (Lipinski definition) is 6. The Morgan fingerprint density at radius 1 is 1.38 bits per heavy atom. The molecule has 0 radical (unpaired) electrons. The maximum atomic E-state index is 10.6. The van der Waals surface area contributed by atoms with Gasteiger partial charge in [0.15, 0.2) is 0 Å². The molecular weight excluding hydrogens is 312 g/mol. The van der Waals surface area contributed by atoms with Gasteiger partial charge in [-0.2, -0.15) is 5.10 Å². The van der Waals surface area contributed by atoms with Crippen molar-refractivity contribution in [3.05, 3.63) is 52.3 Å². The lowest BCUT2D eigenvalue weighted by Gasteiger charge is -2.27. The van der Waals surface area contributed by atoms with Crippen LogP contribution in [0.15, 0.2) is 36.7 Å². The van der Waals surface area contributed by atoms with Crippen molar-refractivity contribution in [2.24, 2.45) is 0 Å². The fourth-order valence-electron chi connectivity index (χ4n) is 2.46. The molecule has 1 aromatic heterocycles. The molecule has 8 nitrogen and oxygen atoms in total. The van der Waals surface area contributed by atoms with Gasteiger partial charge < -0.3 is 15.1 Å². The first-order valence-electron chi connectivity index (χ1n) is 7.68. The molecule has 2 aromatic rings. The number of likely N-dealkylation sites (N-methyl/N-ethyl adjacent to an activating group) is 1. The Kier molecular flexibility index (Phi) is 5.88. The highest BCUT2D eigenvalue weighted by Gasteiger charge is 2.16. The van der Waals surface area contributed by atoms with Crippen LogP contribution in [0.3, 0.4) is 0 Å². The van der Waals surface area contributed by atoms with Gasteiger partial charge >= 0.3 is 5.69 Å². The second kappa shape index (κ2) is 7.89. The van der Waals surface area contributed by atoms with Gasteiger partial charge in [0, 0.05) is 12.6 Å². The van der Waals surface area contributed by atoms with Crippen LogP contribution < -0.4 is 0 Å². The highest BCUT2D eigenvalue weighted by atomic mass is 16.6. The molecule has 2 atom stereocenters. The van der Waals surface area contributed by atoms with E-state index in [1.54, 1.807) is 12.1 Å². The molecule has 0 fully saturated rings. The standard InChI is InChI=1S/C16H22N4O4/c1-12(7-13-3-5-15(21)6-4-13)18(2)10-16(22)11-19-9-14(8-17-19)20(23)24/h3-6,8-9,12,16,21-22H,7,10-11H2,1-2H3. The molecule has 0 spiro atoms. The molecule has 2 N–H and O–H groups in total. The highest BCUT2D eigenvalue weighted by Crippen LogP contribution is 2.13. The number of aliphatic hydroxyl groups excluding tert-OH is 1. The van der Waals surface area contributed by atoms with Crippen molar-refractivity contribution in [3.8, 4) is 5.75 Å². The minimum Gasteiger partial charge on any atom is -0.508 e. The predicted molar refractivity (Wildman–Crippen MR) is 88.8 cm³/mol. The van der Waals surface area contributed by atoms with Gasteiger partial charge in [-0.15, -0.1) is 0 Å². The molecule has 0 aliphatic carbocycles. The molecule has 0 amide bonds. The van der Waals surface area contributed by atoms with Gasteiger partial charge in [0.05, 0.1) is 17.6 Å². The molecule has 0 saturated heterocycles. The van der Waals surface area contributed by atoms with Gasteiger partial charge in [0.1, 0.15) is 18.1 Å². The van der Waals surface area contributed by atoms with Crippen molar-refractivity contribution in [1.82, 2.24) is 14.7 Å². The zero-order valence-corrected chi connectivity index (χ0v) is 13.7.